The van der Waals surface area contributed by atoms with E-state index in [0.717, 1.165) is 19.4 Å². The van der Waals surface area contributed by atoms with Crippen LogP contribution < -0.4 is 11.1 Å². The topological polar surface area (TPSA) is 72.2 Å². The highest BCUT2D eigenvalue weighted by Crippen LogP contribution is 2.26. The third-order valence-electron chi connectivity index (χ3n) is 3.56. The minimum Gasteiger partial charge on any atom is -0.384 e. The minimum atomic E-state index is -3.19. The predicted molar refractivity (Wildman–Crippen MR) is 73.4 cm³/mol. The number of para-hydroxylation sites is 1. The number of hydrogen-bond donors (Lipinski definition) is 2. The third kappa shape index (κ3) is 3.03. The van der Waals surface area contributed by atoms with Crippen molar-refractivity contribution < 1.29 is 8.42 Å². The molecule has 0 amide bonds. The molecule has 4 nitrogen and oxygen atoms in total. The molecule has 2 rings (SSSR count). The molecule has 0 aliphatic heterocycles. The number of rotatable bonds is 4. The van der Waals surface area contributed by atoms with Gasteiger partial charge in [-0.25, -0.2) is 8.42 Å². The Kier molecular flexibility index (Phi) is 3.92. The van der Waals surface area contributed by atoms with Crippen molar-refractivity contribution in [3.05, 3.63) is 24.3 Å². The fourth-order valence-corrected chi connectivity index (χ4v) is 3.36. The highest BCUT2D eigenvalue weighted by molar-refractivity contribution is 7.90. The van der Waals surface area contributed by atoms with Gasteiger partial charge in [-0.05, 0) is 30.9 Å². The van der Waals surface area contributed by atoms with Crippen LogP contribution in [-0.2, 0) is 9.84 Å². The van der Waals surface area contributed by atoms with Crippen molar-refractivity contribution in [1.82, 2.24) is 0 Å². The second-order valence-corrected chi connectivity index (χ2v) is 6.99. The van der Waals surface area contributed by atoms with E-state index in [9.17, 15) is 8.42 Å². The quantitative estimate of drug-likeness (QED) is 0.870. The van der Waals surface area contributed by atoms with Gasteiger partial charge in [0.05, 0.1) is 10.6 Å². The summed E-state index contributed by atoms with van der Waals surface area (Å²) in [6.07, 6.45) is 4.59. The van der Waals surface area contributed by atoms with Gasteiger partial charge in [0.2, 0.25) is 0 Å². The molecule has 18 heavy (non-hydrogen) atoms. The number of hydrogen-bond acceptors (Lipinski definition) is 4. The van der Waals surface area contributed by atoms with Crippen molar-refractivity contribution in [2.24, 2.45) is 11.7 Å². The molecule has 1 aromatic rings. The summed E-state index contributed by atoms with van der Waals surface area (Å²) in [6, 6.07) is 7.25. The van der Waals surface area contributed by atoms with E-state index in [1.54, 1.807) is 18.2 Å². The molecule has 1 aliphatic rings. The zero-order valence-electron chi connectivity index (χ0n) is 10.6. The zero-order valence-corrected chi connectivity index (χ0v) is 11.4. The summed E-state index contributed by atoms with van der Waals surface area (Å²) < 4.78 is 23.3. The summed E-state index contributed by atoms with van der Waals surface area (Å²) in [5.74, 6) is 0.442. The number of nitrogens with one attached hydrogen (secondary N) is 1. The molecule has 1 saturated carbocycles. The van der Waals surface area contributed by atoms with Crippen LogP contribution in [0.3, 0.4) is 0 Å². The lowest BCUT2D eigenvalue weighted by Gasteiger charge is -2.18. The monoisotopic (exact) mass is 268 g/mol. The molecule has 1 aromatic carbocycles. The van der Waals surface area contributed by atoms with E-state index in [1.807, 2.05) is 6.07 Å². The smallest absolute Gasteiger partial charge is 0.177 e. The largest absolute Gasteiger partial charge is 0.384 e. The molecular weight excluding hydrogens is 248 g/mol. The third-order valence-corrected chi connectivity index (χ3v) is 4.71. The average molecular weight is 268 g/mol. The number of sulfone groups is 1. The highest BCUT2D eigenvalue weighted by atomic mass is 32.2. The number of anilines is 1. The van der Waals surface area contributed by atoms with Crippen LogP contribution in [0, 0.1) is 5.92 Å². The molecule has 0 aromatic heterocycles. The Morgan fingerprint density at radius 2 is 2.06 bits per heavy atom. The summed E-state index contributed by atoms with van der Waals surface area (Å²) in [5, 5.41) is 3.23. The summed E-state index contributed by atoms with van der Waals surface area (Å²) in [7, 11) is -3.19. The normalized spacial score (nSPS) is 24.1. The van der Waals surface area contributed by atoms with Crippen molar-refractivity contribution in [1.29, 1.82) is 0 Å². The molecule has 3 N–H and O–H groups in total. The first-order valence-corrected chi connectivity index (χ1v) is 8.16. The van der Waals surface area contributed by atoms with Gasteiger partial charge in [0, 0.05) is 18.8 Å². The van der Waals surface area contributed by atoms with Crippen molar-refractivity contribution in [3.8, 4) is 0 Å². The van der Waals surface area contributed by atoms with Gasteiger partial charge in [-0.2, -0.15) is 0 Å². The highest BCUT2D eigenvalue weighted by Gasteiger charge is 2.24. The van der Waals surface area contributed by atoms with Gasteiger partial charge in [0.25, 0.3) is 0 Å². The maximum absolute atomic E-state index is 11.6. The Bertz CT molecular complexity index is 513. The molecule has 0 spiro atoms. The Labute approximate surface area is 108 Å². The molecule has 2 atom stereocenters. The van der Waals surface area contributed by atoms with E-state index in [1.165, 1.54) is 12.7 Å². The summed E-state index contributed by atoms with van der Waals surface area (Å²) >= 11 is 0. The van der Waals surface area contributed by atoms with Crippen LogP contribution in [0.2, 0.25) is 0 Å². The van der Waals surface area contributed by atoms with Crippen LogP contribution in [-0.4, -0.2) is 27.3 Å². The van der Waals surface area contributed by atoms with Crippen LogP contribution in [0.1, 0.15) is 19.3 Å². The van der Waals surface area contributed by atoms with Crippen LogP contribution in [0.4, 0.5) is 5.69 Å². The maximum atomic E-state index is 11.6. The standard InChI is InChI=1S/C13H20N2O2S/c1-18(16,17)13-8-3-2-7-12(13)15-9-10-5-4-6-11(10)14/h2-3,7-8,10-11,15H,4-6,9,14H2,1H3. The Morgan fingerprint density at radius 1 is 1.33 bits per heavy atom. The predicted octanol–water partition coefficient (Wildman–Crippen LogP) is 1.63. The fraction of sp³-hybridized carbons (Fsp3) is 0.538. The van der Waals surface area contributed by atoms with E-state index in [4.69, 9.17) is 5.73 Å². The van der Waals surface area contributed by atoms with Gasteiger partial charge in [-0.3, -0.25) is 0 Å². The lowest BCUT2D eigenvalue weighted by atomic mass is 10.0. The van der Waals surface area contributed by atoms with E-state index in [0.29, 0.717) is 16.5 Å². The molecule has 100 valence electrons. The second kappa shape index (κ2) is 5.28. The molecule has 0 saturated heterocycles. The van der Waals surface area contributed by atoms with Gasteiger partial charge in [0.15, 0.2) is 9.84 Å². The number of benzene rings is 1. The molecule has 0 heterocycles. The first-order valence-electron chi connectivity index (χ1n) is 6.27. The fourth-order valence-electron chi connectivity index (χ4n) is 2.50. The van der Waals surface area contributed by atoms with E-state index in [-0.39, 0.29) is 6.04 Å². The molecule has 2 unspecified atom stereocenters. The molecule has 0 bridgehead atoms. The summed E-state index contributed by atoms with van der Waals surface area (Å²) in [6.45, 7) is 0.744. The van der Waals surface area contributed by atoms with Gasteiger partial charge >= 0.3 is 0 Å². The average Bonchev–Trinajstić information content (AvgIpc) is 2.71. The zero-order chi connectivity index (χ0) is 13.2. The van der Waals surface area contributed by atoms with E-state index >= 15 is 0 Å². The number of nitrogens with two attached hydrogens (primary N) is 1. The Morgan fingerprint density at radius 3 is 2.67 bits per heavy atom. The first kappa shape index (κ1) is 13.4. The Hall–Kier alpha value is -1.07. The molecule has 1 fully saturated rings. The summed E-state index contributed by atoms with van der Waals surface area (Å²) in [4.78, 5) is 0.358. The van der Waals surface area contributed by atoms with E-state index < -0.39 is 9.84 Å². The molecular formula is C13H20N2O2S. The van der Waals surface area contributed by atoms with Gasteiger partial charge in [-0.1, -0.05) is 18.6 Å². The van der Waals surface area contributed by atoms with Crippen molar-refractivity contribution in [3.63, 3.8) is 0 Å². The summed E-state index contributed by atoms with van der Waals surface area (Å²) in [5.41, 5.74) is 6.69. The molecule has 1 aliphatic carbocycles. The van der Waals surface area contributed by atoms with Gasteiger partial charge < -0.3 is 11.1 Å². The van der Waals surface area contributed by atoms with Crippen molar-refractivity contribution >= 4 is 15.5 Å². The SMILES string of the molecule is CS(=O)(=O)c1ccccc1NCC1CCCC1N. The lowest BCUT2D eigenvalue weighted by Crippen LogP contribution is -2.29. The minimum absolute atomic E-state index is 0.239. The first-order chi connectivity index (χ1) is 8.48. The van der Waals surface area contributed by atoms with Crippen molar-refractivity contribution in [2.45, 2.75) is 30.2 Å². The molecule has 0 radical (unpaired) electrons. The van der Waals surface area contributed by atoms with Crippen LogP contribution in [0.5, 0.6) is 0 Å². The lowest BCUT2D eigenvalue weighted by molar-refractivity contribution is 0.505. The molecule has 5 heteroatoms. The van der Waals surface area contributed by atoms with Gasteiger partial charge in [-0.15, -0.1) is 0 Å². The van der Waals surface area contributed by atoms with Crippen LogP contribution in [0.25, 0.3) is 0 Å². The van der Waals surface area contributed by atoms with Gasteiger partial charge in [0.1, 0.15) is 0 Å². The van der Waals surface area contributed by atoms with Crippen LogP contribution >= 0.6 is 0 Å². The maximum Gasteiger partial charge on any atom is 0.177 e. The van der Waals surface area contributed by atoms with E-state index in [2.05, 4.69) is 5.32 Å². The van der Waals surface area contributed by atoms with Crippen LogP contribution in [0.15, 0.2) is 29.2 Å². The second-order valence-electron chi connectivity index (χ2n) is 5.00. The Balaban J connectivity index is 2.10. The van der Waals surface area contributed by atoms with Crippen molar-refractivity contribution in [2.75, 3.05) is 18.1 Å².